The second-order valence-corrected chi connectivity index (χ2v) is 12.3. The monoisotopic (exact) mass is 614 g/mol. The Morgan fingerprint density at radius 2 is 1.93 bits per heavy atom. The van der Waals surface area contributed by atoms with Gasteiger partial charge in [0, 0.05) is 31.2 Å². The van der Waals surface area contributed by atoms with E-state index in [1.165, 1.54) is 23.6 Å². The Balaban J connectivity index is 1.32. The van der Waals surface area contributed by atoms with Gasteiger partial charge < -0.3 is 26.0 Å². The van der Waals surface area contributed by atoms with Crippen LogP contribution in [0.1, 0.15) is 30.7 Å². The van der Waals surface area contributed by atoms with Crippen molar-refractivity contribution in [2.45, 2.75) is 51.6 Å². The number of rotatable bonds is 8. The minimum Gasteiger partial charge on any atom is -0.506 e. The number of aromatic nitrogens is 2. The third kappa shape index (κ3) is 5.75. The molecular formula is C31H34N8O4S. The van der Waals surface area contributed by atoms with Gasteiger partial charge in [0.1, 0.15) is 18.0 Å². The van der Waals surface area contributed by atoms with Crippen LogP contribution < -0.4 is 11.1 Å². The Morgan fingerprint density at radius 3 is 2.66 bits per heavy atom. The SMILES string of the molecule is CC(C)N(C(=O)NCc1ccccc1)N1CC(=O)N2[C@@H](Cc3ccc(O)cn3)C(=O)N(Cc3cccc4sc(N)nc34)C[C@@H]21. The van der Waals surface area contributed by atoms with E-state index in [0.717, 1.165) is 21.3 Å². The smallest absolute Gasteiger partial charge is 0.332 e. The summed E-state index contributed by atoms with van der Waals surface area (Å²) >= 11 is 1.38. The zero-order valence-electron chi connectivity index (χ0n) is 24.5. The van der Waals surface area contributed by atoms with Crippen LogP contribution in [0.15, 0.2) is 66.9 Å². The molecular weight excluding hydrogens is 580 g/mol. The molecule has 2 atom stereocenters. The number of nitrogens with zero attached hydrogens (tertiary/aromatic N) is 6. The summed E-state index contributed by atoms with van der Waals surface area (Å²) in [5.41, 5.74) is 9.10. The van der Waals surface area contributed by atoms with E-state index >= 15 is 0 Å². The molecule has 4 heterocycles. The number of hydrogen-bond donors (Lipinski definition) is 3. The lowest BCUT2D eigenvalue weighted by atomic mass is 10.0. The highest BCUT2D eigenvalue weighted by atomic mass is 32.1. The summed E-state index contributed by atoms with van der Waals surface area (Å²) in [7, 11) is 0. The molecule has 0 bridgehead atoms. The first kappa shape index (κ1) is 29.3. The van der Waals surface area contributed by atoms with Crippen molar-refractivity contribution >= 4 is 44.5 Å². The molecule has 2 aromatic heterocycles. The van der Waals surface area contributed by atoms with Crippen molar-refractivity contribution in [1.82, 2.24) is 35.1 Å². The fourth-order valence-electron chi connectivity index (χ4n) is 5.96. The number of anilines is 1. The first-order valence-corrected chi connectivity index (χ1v) is 15.3. The molecule has 0 spiro atoms. The summed E-state index contributed by atoms with van der Waals surface area (Å²) in [6, 6.07) is 17.1. The molecule has 0 saturated carbocycles. The molecule has 2 saturated heterocycles. The first-order chi connectivity index (χ1) is 21.2. The van der Waals surface area contributed by atoms with Crippen molar-refractivity contribution < 1.29 is 19.5 Å². The van der Waals surface area contributed by atoms with Crippen LogP contribution in [-0.2, 0) is 29.1 Å². The van der Waals surface area contributed by atoms with Crippen LogP contribution in [0.25, 0.3) is 10.2 Å². The third-order valence-corrected chi connectivity index (χ3v) is 8.77. The van der Waals surface area contributed by atoms with Crippen LogP contribution in [-0.4, -0.2) is 84.1 Å². The van der Waals surface area contributed by atoms with Gasteiger partial charge in [-0.15, -0.1) is 0 Å². The largest absolute Gasteiger partial charge is 0.506 e. The van der Waals surface area contributed by atoms with Gasteiger partial charge in [0.05, 0.1) is 29.5 Å². The van der Waals surface area contributed by atoms with Gasteiger partial charge in [0.15, 0.2) is 5.13 Å². The topological polar surface area (TPSA) is 148 Å². The second kappa shape index (κ2) is 12.1. The standard InChI is InChI=1S/C31H34N8O4S/c1-19(2)39(31(43)34-14-20-7-4-3-5-8-20)37-18-27(41)38-24(13-22-11-12-23(40)15-33-22)29(42)36(17-26(37)38)16-21-9-6-10-25-28(21)35-30(32)44-25/h3-12,15,19,24,26,40H,13-14,16-18H2,1-2H3,(H2,32,35)(H,34,43)/t24-,26+/m0/s1. The van der Waals surface area contributed by atoms with E-state index in [9.17, 15) is 19.5 Å². The van der Waals surface area contributed by atoms with E-state index in [1.54, 1.807) is 25.9 Å². The number of carbonyl (C=O) groups is 3. The molecule has 4 amide bonds. The van der Waals surface area contributed by atoms with Gasteiger partial charge in [-0.2, -0.15) is 5.01 Å². The molecule has 0 aliphatic carbocycles. The lowest BCUT2D eigenvalue weighted by molar-refractivity contribution is -0.158. The minimum atomic E-state index is -0.857. The highest BCUT2D eigenvalue weighted by Gasteiger charge is 2.52. The number of pyridine rings is 1. The Morgan fingerprint density at radius 1 is 1.14 bits per heavy atom. The molecule has 2 aromatic carbocycles. The van der Waals surface area contributed by atoms with Crippen LogP contribution >= 0.6 is 11.3 Å². The van der Waals surface area contributed by atoms with E-state index in [2.05, 4.69) is 15.3 Å². The lowest BCUT2D eigenvalue weighted by Gasteiger charge is -2.47. The fraction of sp³-hybridized carbons (Fsp3) is 0.323. The number of hydrogen-bond acceptors (Lipinski definition) is 9. The molecule has 2 aliphatic rings. The molecule has 2 aliphatic heterocycles. The Hall–Kier alpha value is -4.75. The molecule has 0 unspecified atom stereocenters. The number of benzene rings is 2. The van der Waals surface area contributed by atoms with Crippen LogP contribution in [0.5, 0.6) is 5.75 Å². The molecule has 4 N–H and O–H groups in total. The van der Waals surface area contributed by atoms with Crippen molar-refractivity contribution in [3.63, 3.8) is 0 Å². The molecule has 4 aromatic rings. The van der Waals surface area contributed by atoms with E-state index in [4.69, 9.17) is 5.73 Å². The number of hydrazine groups is 1. The number of fused-ring (bicyclic) bond motifs is 2. The molecule has 44 heavy (non-hydrogen) atoms. The van der Waals surface area contributed by atoms with Gasteiger partial charge in [-0.3, -0.25) is 19.6 Å². The average molecular weight is 615 g/mol. The number of nitrogens with one attached hydrogen (secondary N) is 1. The van der Waals surface area contributed by atoms with Gasteiger partial charge in [-0.1, -0.05) is 53.8 Å². The summed E-state index contributed by atoms with van der Waals surface area (Å²) in [4.78, 5) is 53.5. The highest BCUT2D eigenvalue weighted by Crippen LogP contribution is 2.32. The number of nitrogens with two attached hydrogens (primary N) is 1. The number of aromatic hydroxyl groups is 1. The van der Waals surface area contributed by atoms with Crippen LogP contribution in [0.2, 0.25) is 0 Å². The summed E-state index contributed by atoms with van der Waals surface area (Å²) in [5.74, 6) is -0.463. The Bertz CT molecular complexity index is 1680. The van der Waals surface area contributed by atoms with Crippen molar-refractivity contribution in [1.29, 1.82) is 0 Å². The van der Waals surface area contributed by atoms with Crippen LogP contribution in [0.3, 0.4) is 0 Å². The quantitative estimate of drug-likeness (QED) is 0.275. The molecule has 6 rings (SSSR count). The summed E-state index contributed by atoms with van der Waals surface area (Å²) in [6.45, 7) is 4.51. The van der Waals surface area contributed by atoms with Crippen LogP contribution in [0, 0.1) is 0 Å². The number of urea groups is 1. The highest BCUT2D eigenvalue weighted by molar-refractivity contribution is 7.22. The summed E-state index contributed by atoms with van der Waals surface area (Å²) in [6.07, 6.45) is 0.884. The number of carbonyl (C=O) groups excluding carboxylic acids is 3. The summed E-state index contributed by atoms with van der Waals surface area (Å²) < 4.78 is 0.926. The van der Waals surface area contributed by atoms with Crippen molar-refractivity contribution in [3.05, 3.63) is 83.7 Å². The lowest BCUT2D eigenvalue weighted by Crippen LogP contribution is -2.66. The maximum Gasteiger partial charge on any atom is 0.332 e. The Labute approximate surface area is 258 Å². The molecule has 12 nitrogen and oxygen atoms in total. The average Bonchev–Trinajstić information content (AvgIpc) is 3.54. The van der Waals surface area contributed by atoms with Gasteiger partial charge in [-0.05, 0) is 43.2 Å². The number of para-hydroxylation sites is 1. The van der Waals surface area contributed by atoms with E-state index < -0.39 is 12.2 Å². The predicted molar refractivity (Wildman–Crippen MR) is 166 cm³/mol. The maximum absolute atomic E-state index is 14.1. The molecule has 13 heteroatoms. The molecule has 228 valence electrons. The number of amides is 4. The zero-order valence-corrected chi connectivity index (χ0v) is 25.3. The van der Waals surface area contributed by atoms with Crippen molar-refractivity contribution in [2.24, 2.45) is 0 Å². The summed E-state index contributed by atoms with van der Waals surface area (Å²) in [5, 5.41) is 16.5. The van der Waals surface area contributed by atoms with Gasteiger partial charge in [-0.25, -0.2) is 9.78 Å². The minimum absolute atomic E-state index is 0.0105. The van der Waals surface area contributed by atoms with Gasteiger partial charge >= 0.3 is 6.03 Å². The molecule has 0 radical (unpaired) electrons. The number of piperazine rings is 1. The van der Waals surface area contributed by atoms with Crippen molar-refractivity contribution in [3.8, 4) is 5.75 Å². The number of nitrogen functional groups attached to an aromatic ring is 1. The number of thiazole rings is 1. The Kier molecular flexibility index (Phi) is 8.06. The van der Waals surface area contributed by atoms with E-state index in [1.807, 2.05) is 62.4 Å². The normalized spacial score (nSPS) is 18.7. The van der Waals surface area contributed by atoms with Crippen LogP contribution in [0.4, 0.5) is 9.93 Å². The predicted octanol–water partition coefficient (Wildman–Crippen LogP) is 2.94. The van der Waals surface area contributed by atoms with Gasteiger partial charge in [0.25, 0.3) is 0 Å². The fourth-order valence-corrected chi connectivity index (χ4v) is 6.74. The molecule has 2 fully saturated rings. The van der Waals surface area contributed by atoms with E-state index in [-0.39, 0.29) is 55.7 Å². The zero-order chi connectivity index (χ0) is 31.0. The van der Waals surface area contributed by atoms with E-state index in [0.29, 0.717) is 17.4 Å². The van der Waals surface area contributed by atoms with Crippen molar-refractivity contribution in [2.75, 3.05) is 18.8 Å². The van der Waals surface area contributed by atoms with Gasteiger partial charge in [0.2, 0.25) is 11.8 Å². The second-order valence-electron chi connectivity index (χ2n) is 11.2. The first-order valence-electron chi connectivity index (χ1n) is 14.4. The third-order valence-electron chi connectivity index (χ3n) is 7.92. The maximum atomic E-state index is 14.1.